The van der Waals surface area contributed by atoms with E-state index in [9.17, 15) is 4.79 Å². The average molecular weight is 454 g/mol. The van der Waals surface area contributed by atoms with Crippen LogP contribution in [-0.2, 0) is 6.54 Å². The molecule has 2 aromatic carbocycles. The first-order chi connectivity index (χ1) is 16.7. The van der Waals surface area contributed by atoms with E-state index in [1.54, 1.807) is 16.9 Å². The highest BCUT2D eigenvalue weighted by atomic mass is 16.5. The molecule has 7 heteroatoms. The van der Waals surface area contributed by atoms with E-state index in [-0.39, 0.29) is 5.91 Å². The number of carbonyl (C=O) groups excluding carboxylic acids is 1. The van der Waals surface area contributed by atoms with Crippen LogP contribution < -0.4 is 10.1 Å². The molecule has 7 nitrogen and oxygen atoms in total. The summed E-state index contributed by atoms with van der Waals surface area (Å²) in [4.78, 5) is 21.2. The Morgan fingerprint density at radius 1 is 0.941 bits per heavy atom. The number of carbonyl (C=O) groups is 1. The van der Waals surface area contributed by atoms with Crippen LogP contribution in [0.15, 0.2) is 66.9 Å². The average Bonchev–Trinajstić information content (AvgIpc) is 3.33. The van der Waals surface area contributed by atoms with Gasteiger partial charge in [-0.05, 0) is 41.8 Å². The lowest BCUT2D eigenvalue weighted by Crippen LogP contribution is -2.35. The molecule has 5 rings (SSSR count). The summed E-state index contributed by atoms with van der Waals surface area (Å²) >= 11 is 0. The van der Waals surface area contributed by atoms with E-state index in [0.717, 1.165) is 35.5 Å². The van der Waals surface area contributed by atoms with Crippen LogP contribution in [0.3, 0.4) is 0 Å². The van der Waals surface area contributed by atoms with Crippen molar-refractivity contribution in [1.29, 1.82) is 0 Å². The highest BCUT2D eigenvalue weighted by molar-refractivity contribution is 5.94. The summed E-state index contributed by atoms with van der Waals surface area (Å²) in [5.41, 5.74) is 5.09. The van der Waals surface area contributed by atoms with Gasteiger partial charge < -0.3 is 10.1 Å². The highest BCUT2D eigenvalue weighted by Crippen LogP contribution is 2.26. The van der Waals surface area contributed by atoms with Crippen LogP contribution in [0.2, 0.25) is 0 Å². The molecule has 172 valence electrons. The van der Waals surface area contributed by atoms with Gasteiger partial charge in [-0.15, -0.1) is 0 Å². The highest BCUT2D eigenvalue weighted by Gasteiger charge is 2.20. The summed E-state index contributed by atoms with van der Waals surface area (Å²) in [5.74, 6) is 1.42. The molecule has 0 fully saturated rings. The molecule has 3 heterocycles. The number of unbranched alkanes of at least 4 members (excludes halogenated alkanes) is 2. The Morgan fingerprint density at radius 3 is 2.41 bits per heavy atom. The SMILES string of the molecule is CCCCCOc1ccc(-c2ccc(-c3nccc(-c4cc5n(n4)CCNC5=O)n3)cc2)cc1. The fraction of sp³-hybridized carbons (Fsp3) is 0.259. The lowest BCUT2D eigenvalue weighted by Gasteiger charge is -2.13. The molecule has 4 aromatic rings. The van der Waals surface area contributed by atoms with Gasteiger partial charge in [-0.1, -0.05) is 56.2 Å². The Bertz CT molecular complexity index is 1280. The molecule has 0 aliphatic carbocycles. The molecule has 0 radical (unpaired) electrons. The number of fused-ring (bicyclic) bond motifs is 1. The fourth-order valence-electron chi connectivity index (χ4n) is 4.00. The number of nitrogens with one attached hydrogen (secondary N) is 1. The number of hydrogen-bond acceptors (Lipinski definition) is 5. The third-order valence-electron chi connectivity index (χ3n) is 5.89. The molecule has 1 amide bonds. The van der Waals surface area contributed by atoms with Gasteiger partial charge in [-0.3, -0.25) is 9.48 Å². The predicted octanol–water partition coefficient (Wildman–Crippen LogP) is 4.99. The van der Waals surface area contributed by atoms with Crippen molar-refractivity contribution in [3.63, 3.8) is 0 Å². The maximum absolute atomic E-state index is 12.0. The van der Waals surface area contributed by atoms with E-state index in [0.29, 0.717) is 36.0 Å². The number of hydrogen-bond donors (Lipinski definition) is 1. The zero-order chi connectivity index (χ0) is 23.3. The van der Waals surface area contributed by atoms with Gasteiger partial charge in [0.1, 0.15) is 17.1 Å². The van der Waals surface area contributed by atoms with Gasteiger partial charge in [0.2, 0.25) is 0 Å². The van der Waals surface area contributed by atoms with Crippen LogP contribution in [0.25, 0.3) is 33.9 Å². The second kappa shape index (κ2) is 9.87. The van der Waals surface area contributed by atoms with Crippen molar-refractivity contribution in [2.75, 3.05) is 13.2 Å². The maximum Gasteiger partial charge on any atom is 0.269 e. The summed E-state index contributed by atoms with van der Waals surface area (Å²) < 4.78 is 7.54. The van der Waals surface area contributed by atoms with E-state index in [1.165, 1.54) is 12.8 Å². The maximum atomic E-state index is 12.0. The lowest BCUT2D eigenvalue weighted by molar-refractivity contribution is 0.0924. The number of rotatable bonds is 8. The Hall–Kier alpha value is -4.00. The Morgan fingerprint density at radius 2 is 1.68 bits per heavy atom. The van der Waals surface area contributed by atoms with E-state index in [2.05, 4.69) is 46.6 Å². The minimum Gasteiger partial charge on any atom is -0.494 e. The van der Waals surface area contributed by atoms with Crippen molar-refractivity contribution in [1.82, 2.24) is 25.1 Å². The molecule has 34 heavy (non-hydrogen) atoms. The zero-order valence-electron chi connectivity index (χ0n) is 19.2. The molecule has 0 unspecified atom stereocenters. The summed E-state index contributed by atoms with van der Waals surface area (Å²) in [7, 11) is 0. The summed E-state index contributed by atoms with van der Waals surface area (Å²) in [6.45, 7) is 4.20. The Labute approximate surface area is 198 Å². The first kappa shape index (κ1) is 21.8. The van der Waals surface area contributed by atoms with Gasteiger partial charge in [0.05, 0.1) is 18.8 Å². The minimum atomic E-state index is -0.106. The van der Waals surface area contributed by atoms with Gasteiger partial charge in [-0.25, -0.2) is 9.97 Å². The topological polar surface area (TPSA) is 81.9 Å². The van der Waals surface area contributed by atoms with Crippen LogP contribution in [0.5, 0.6) is 5.75 Å². The molecule has 0 atom stereocenters. The van der Waals surface area contributed by atoms with Crippen molar-refractivity contribution in [2.45, 2.75) is 32.7 Å². The van der Waals surface area contributed by atoms with E-state index < -0.39 is 0 Å². The van der Waals surface area contributed by atoms with E-state index in [1.807, 2.05) is 30.3 Å². The largest absolute Gasteiger partial charge is 0.494 e. The molecule has 0 spiro atoms. The molecule has 0 saturated heterocycles. The van der Waals surface area contributed by atoms with E-state index in [4.69, 9.17) is 9.72 Å². The predicted molar refractivity (Wildman–Crippen MR) is 131 cm³/mol. The smallest absolute Gasteiger partial charge is 0.269 e. The van der Waals surface area contributed by atoms with Crippen molar-refractivity contribution in [3.8, 4) is 39.7 Å². The number of ether oxygens (including phenoxy) is 1. The zero-order valence-corrected chi connectivity index (χ0v) is 19.2. The molecule has 1 aliphatic rings. The summed E-state index contributed by atoms with van der Waals surface area (Å²) in [5, 5.41) is 7.39. The van der Waals surface area contributed by atoms with Crippen molar-refractivity contribution >= 4 is 5.91 Å². The van der Waals surface area contributed by atoms with Crippen LogP contribution in [0.4, 0.5) is 0 Å². The van der Waals surface area contributed by atoms with Crippen LogP contribution in [0, 0.1) is 0 Å². The van der Waals surface area contributed by atoms with Crippen molar-refractivity contribution < 1.29 is 9.53 Å². The number of nitrogens with zero attached hydrogens (tertiary/aromatic N) is 4. The third-order valence-corrected chi connectivity index (χ3v) is 5.89. The van der Waals surface area contributed by atoms with E-state index >= 15 is 0 Å². The minimum absolute atomic E-state index is 0.106. The molecular formula is C27H27N5O2. The van der Waals surface area contributed by atoms with Crippen molar-refractivity contribution in [2.24, 2.45) is 0 Å². The second-order valence-electron chi connectivity index (χ2n) is 8.32. The summed E-state index contributed by atoms with van der Waals surface area (Å²) in [6.07, 6.45) is 5.20. The number of amides is 1. The van der Waals surface area contributed by atoms with Crippen LogP contribution in [-0.4, -0.2) is 38.8 Å². The van der Waals surface area contributed by atoms with Gasteiger partial charge in [0.25, 0.3) is 5.91 Å². The molecule has 0 bridgehead atoms. The van der Waals surface area contributed by atoms with Crippen LogP contribution >= 0.6 is 0 Å². The van der Waals surface area contributed by atoms with Gasteiger partial charge >= 0.3 is 0 Å². The Kier molecular flexibility index (Phi) is 6.33. The summed E-state index contributed by atoms with van der Waals surface area (Å²) in [6, 6.07) is 20.0. The number of benzene rings is 2. The third kappa shape index (κ3) is 4.69. The normalized spacial score (nSPS) is 12.8. The Balaban J connectivity index is 1.31. The molecule has 1 N–H and O–H groups in total. The van der Waals surface area contributed by atoms with Gasteiger partial charge in [0.15, 0.2) is 5.82 Å². The van der Waals surface area contributed by atoms with Crippen molar-refractivity contribution in [3.05, 3.63) is 72.6 Å². The van der Waals surface area contributed by atoms with Crippen LogP contribution in [0.1, 0.15) is 36.7 Å². The molecular weight excluding hydrogens is 426 g/mol. The molecule has 2 aromatic heterocycles. The standard InChI is InChI=1S/C27H27N5O2/c1-2-3-4-17-34-22-11-9-20(10-12-22)19-5-7-21(8-6-19)26-28-14-13-23(30-26)24-18-25-27(33)29-15-16-32(25)31-24/h5-14,18H,2-4,15-17H2,1H3,(H,29,33). The lowest BCUT2D eigenvalue weighted by atomic mass is 10.0. The fourth-order valence-corrected chi connectivity index (χ4v) is 4.00. The molecule has 0 saturated carbocycles. The van der Waals surface area contributed by atoms with Gasteiger partial charge in [0, 0.05) is 18.3 Å². The molecule has 1 aliphatic heterocycles. The number of aromatic nitrogens is 4. The second-order valence-corrected chi connectivity index (χ2v) is 8.32. The quantitative estimate of drug-likeness (QED) is 0.380. The first-order valence-corrected chi connectivity index (χ1v) is 11.7. The van der Waals surface area contributed by atoms with Gasteiger partial charge in [-0.2, -0.15) is 5.10 Å². The first-order valence-electron chi connectivity index (χ1n) is 11.7. The monoisotopic (exact) mass is 453 g/mol.